The monoisotopic (exact) mass is 2550 g/mol. The van der Waals surface area contributed by atoms with Crippen LogP contribution in [0.15, 0.2) is 218 Å². The minimum absolute atomic E-state index is 0. The Morgan fingerprint density at radius 3 is 1.24 bits per heavy atom. The third-order valence-corrected chi connectivity index (χ3v) is 30.2. The highest BCUT2D eigenvalue weighted by Crippen LogP contribution is 2.41. The second-order valence-electron chi connectivity index (χ2n) is 38.9. The van der Waals surface area contributed by atoms with Crippen LogP contribution in [0, 0.1) is 0 Å². The highest BCUT2D eigenvalue weighted by molar-refractivity contribution is 9.11. The van der Waals surface area contributed by atoms with E-state index in [0.717, 1.165) is 183 Å². The number of likely N-dealkylation sites (N-methyl/N-ethyl adjacent to an activating group) is 1. The molecule has 4 unspecified atom stereocenters. The molecule has 9 aliphatic rings. The van der Waals surface area contributed by atoms with E-state index in [1.807, 2.05) is 97.4 Å². The zero-order valence-electron chi connectivity index (χ0n) is 83.5. The van der Waals surface area contributed by atoms with E-state index < -0.39 is 11.2 Å². The smallest absolute Gasteiger partial charge is 0.410 e. The van der Waals surface area contributed by atoms with E-state index in [2.05, 4.69) is 240 Å². The number of imide groups is 3. The first-order valence-corrected chi connectivity index (χ1v) is 54.9. The molecule has 23 rings (SSSR count). The van der Waals surface area contributed by atoms with Crippen molar-refractivity contribution in [3.05, 3.63) is 291 Å². The number of ketones is 1. The van der Waals surface area contributed by atoms with Crippen molar-refractivity contribution in [1.29, 1.82) is 0 Å². The van der Waals surface area contributed by atoms with E-state index in [4.69, 9.17) is 21.1 Å². The summed E-state index contributed by atoms with van der Waals surface area (Å²) < 4.78 is 20.6. The molecule has 8 amide bonds. The van der Waals surface area contributed by atoms with Gasteiger partial charge < -0.3 is 55.8 Å². The van der Waals surface area contributed by atoms with E-state index >= 15 is 0 Å². The lowest BCUT2D eigenvalue weighted by atomic mass is 9.90. The van der Waals surface area contributed by atoms with Crippen molar-refractivity contribution in [2.45, 2.75) is 217 Å². The summed E-state index contributed by atoms with van der Waals surface area (Å²) in [5, 5.41) is 12.0. The zero-order valence-corrected chi connectivity index (χ0v) is 96.2. The predicted molar refractivity (Wildman–Crippen MR) is 605 cm³/mol. The van der Waals surface area contributed by atoms with Gasteiger partial charge in [-0.15, -0.1) is 0 Å². The summed E-state index contributed by atoms with van der Waals surface area (Å²) in [4.78, 5) is 157. The number of Topliss-reactive ketones (excluding diaryl/α,β-unsaturated/α-hetero) is 1. The lowest BCUT2D eigenvalue weighted by Gasteiger charge is -2.33. The summed E-state index contributed by atoms with van der Waals surface area (Å²) in [6, 6.07) is 40.8. The number of nitrogen functional groups attached to an aromatic ring is 1. The van der Waals surface area contributed by atoms with Crippen molar-refractivity contribution < 1.29 is 58.1 Å². The summed E-state index contributed by atoms with van der Waals surface area (Å²) in [5.74, 6) is 13.5. The number of aromatic nitrogens is 11. The van der Waals surface area contributed by atoms with Gasteiger partial charge in [-0.2, -0.15) is 5.10 Å². The van der Waals surface area contributed by atoms with Gasteiger partial charge in [0.1, 0.15) is 55.8 Å². The number of pyridine rings is 7. The molecule has 14 heterocycles. The number of hydrogen-bond acceptors (Lipinski definition) is 25. The molecule has 4 atom stereocenters. The molecule has 786 valence electrons. The third-order valence-electron chi connectivity index (χ3n) is 26.6. The van der Waals surface area contributed by atoms with Crippen LogP contribution in [0.5, 0.6) is 0 Å². The van der Waals surface area contributed by atoms with Crippen LogP contribution in [0.1, 0.15) is 226 Å². The number of carbonyl (C=O) groups excluding carboxylic acids is 9. The number of hydrazine groups is 2. The molecule has 0 spiro atoms. The second kappa shape index (κ2) is 50.8. The largest absolute Gasteiger partial charge is 0.444 e. The molecule has 0 radical (unpaired) electrons. The van der Waals surface area contributed by atoms with Gasteiger partial charge in [0.05, 0.1) is 33.4 Å². The Kier molecular flexibility index (Phi) is 38.6. The van der Waals surface area contributed by atoms with Crippen molar-refractivity contribution in [3.8, 4) is 0 Å². The van der Waals surface area contributed by atoms with Crippen molar-refractivity contribution in [2.24, 2.45) is 35.4 Å². The number of carbonyl (C=O) groups is 9. The van der Waals surface area contributed by atoms with Gasteiger partial charge in [-0.3, -0.25) is 65.4 Å². The molecule has 150 heavy (non-hydrogen) atoms. The SMILES string of the molecule is Brc1ccc(Br)nc1.CC(C)(C)OC(=O)NC1CCc2[nH]c3ncc(Br)cc3c2C1.CN(C(=O)OC(C)(C)C)C1CCc2c(c3cc(Br)cnc3n2C)C1.NC1CCc2[nH]c3ncc(Br)cc3c2C1.NN.NNc1ccc(Br)cn1.O.O=C1CCC(N2C(=O)c3ccccc3C2=O)CC1.O=C1c2ccccc2C(=O)N1C1CCC(=NNc2ccc(Br)cn2)CC1.O=C1c2ccccc2C(=O)N1C1CCc2[nH]c3ncc(Br)cc3c2C1. The number of halogens is 8. The summed E-state index contributed by atoms with van der Waals surface area (Å²) in [5.41, 5.74) is 28.3. The van der Waals surface area contributed by atoms with Gasteiger partial charge in [0.25, 0.3) is 35.4 Å². The maximum Gasteiger partial charge on any atom is 0.410 e. The van der Waals surface area contributed by atoms with Crippen molar-refractivity contribution in [1.82, 2.24) is 79.3 Å². The summed E-state index contributed by atoms with van der Waals surface area (Å²) in [7, 11) is 3.91. The molecule has 43 heteroatoms. The number of aromatic amines is 3. The third kappa shape index (κ3) is 27.7. The number of amides is 8. The first-order valence-electron chi connectivity index (χ1n) is 48.6. The molecular formula is C107H115Br8N23O12. The van der Waals surface area contributed by atoms with Crippen LogP contribution in [-0.4, -0.2) is 193 Å². The number of benzene rings is 3. The Morgan fingerprint density at radius 1 is 0.427 bits per heavy atom. The highest BCUT2D eigenvalue weighted by Gasteiger charge is 2.45. The second-order valence-corrected chi connectivity index (χ2v) is 46.1. The topological polar surface area (TPSA) is 512 Å². The van der Waals surface area contributed by atoms with E-state index in [1.54, 1.807) is 115 Å². The minimum Gasteiger partial charge on any atom is -0.444 e. The van der Waals surface area contributed by atoms with Gasteiger partial charge in [0, 0.05) is 188 Å². The number of alkyl carbamates (subject to hydrolysis) is 1. The fraction of sp³-hybridized carbons (Fsp3) is 0.336. The molecule has 3 aliphatic heterocycles. The summed E-state index contributed by atoms with van der Waals surface area (Å²) >= 11 is 27.0. The number of hydrogen-bond donors (Lipinski definition) is 10. The molecule has 14 aromatic rings. The average molecular weight is 2550 g/mol. The first kappa shape index (κ1) is 114. The van der Waals surface area contributed by atoms with Crippen LogP contribution in [0.4, 0.5) is 21.2 Å². The van der Waals surface area contributed by atoms with Crippen LogP contribution < -0.4 is 39.4 Å². The van der Waals surface area contributed by atoms with Crippen molar-refractivity contribution in [2.75, 3.05) is 17.9 Å². The Morgan fingerprint density at radius 2 is 0.813 bits per heavy atom. The fourth-order valence-electron chi connectivity index (χ4n) is 19.5. The lowest BCUT2D eigenvalue weighted by Crippen LogP contribution is -2.43. The molecule has 35 nitrogen and oxygen atoms in total. The van der Waals surface area contributed by atoms with Gasteiger partial charge in [-0.25, -0.2) is 50.3 Å². The minimum atomic E-state index is -0.473. The number of aryl methyl sites for hydroxylation is 4. The molecule has 2 fully saturated rings. The first-order chi connectivity index (χ1) is 71.3. The van der Waals surface area contributed by atoms with Crippen molar-refractivity contribution >= 4 is 242 Å². The molecule has 2 saturated carbocycles. The number of nitrogens with two attached hydrogens (primary N) is 4. The normalized spacial score (nSPS) is 17.7. The maximum absolute atomic E-state index is 12.8. The number of nitrogens with one attached hydrogen (secondary N) is 6. The molecule has 6 aliphatic carbocycles. The number of hydrazone groups is 1. The number of nitrogens with zero attached hydrogens (tertiary/aromatic N) is 13. The molecule has 0 bridgehead atoms. The Bertz CT molecular complexity index is 7230. The summed E-state index contributed by atoms with van der Waals surface area (Å²) in [6.07, 6.45) is 27.5. The average Bonchev–Trinajstić information content (AvgIpc) is 1.57. The highest BCUT2D eigenvalue weighted by atomic mass is 79.9. The maximum atomic E-state index is 12.8. The van der Waals surface area contributed by atoms with Gasteiger partial charge in [-0.05, 0) is 404 Å². The number of rotatable bonds is 8. The Hall–Kier alpha value is -11.6. The van der Waals surface area contributed by atoms with E-state index in [1.165, 1.54) is 59.2 Å². The molecule has 0 saturated heterocycles. The van der Waals surface area contributed by atoms with Crippen LogP contribution in [0.3, 0.4) is 0 Å². The Balaban J connectivity index is 0.000000137. The standard InChI is InChI=1S/C19H17BrN4O2.C19H14BrN3O2.C18H24BrN3O2.C16H20BrN3O2.C14H13NO3.C11H12BrN3.C5H3Br2N.C5H6BrN3.H4N2.H2O/c20-12-5-10-17(21-11-12)23-22-13-6-8-14(9-7-13)24-18(25)15-3-1-2-4-16(15)19(24)26;20-10-7-15-14-8-11(5-6-16(14)22-17(15)21-9-10)23-18(24)12-3-1-2-4-13(12)19(23)25;1-18(2,3)24-17(23)21(4)12-6-7-15-13(9-12)14-8-11(19)10-20-16(14)22(15)5;1-16(2,3)22-15(21)19-10-4-5-13-11(7-10)12-6-9(17)8-18-14(12)20-13;16-10-7-5-9(6-8-10)15-13(17)11-3-1-2-4-12(11)14(15)18;12-6-3-9-8-4-7(13)1-2-10(8)15-11(9)14-5-6;6-4-1-2-5(7)8-3-4;6-4-1-2-5(9-7)8-3-4;1-2;/h1-5,10-11,14H,6-9H2,(H,21,23);1-4,7,9,11H,5-6,8H2,(H,21,22);8,10,12H,6-7,9H2,1-5H3;6,8,10H,4-5,7H2,1-3H3,(H,18,20)(H,19,21);1-4,9H,5-8H2;3,5,7H,1-2,4,13H2,(H,14,15);1-3H;1-3H,7H2,(H,8,9);1-2H2;1H2. The van der Waals surface area contributed by atoms with E-state index in [9.17, 15) is 43.2 Å². The van der Waals surface area contributed by atoms with Gasteiger partial charge in [0.15, 0.2) is 0 Å². The molecular weight excluding hydrogens is 2440 g/mol. The lowest BCUT2D eigenvalue weighted by molar-refractivity contribution is -0.121. The van der Waals surface area contributed by atoms with E-state index in [-0.39, 0.29) is 89.1 Å². The molecule has 3 aromatic carbocycles. The van der Waals surface area contributed by atoms with Crippen LogP contribution in [-0.2, 0) is 72.7 Å². The van der Waals surface area contributed by atoms with Crippen LogP contribution >= 0.6 is 127 Å². The number of H-pyrrole nitrogens is 3. The summed E-state index contributed by atoms with van der Waals surface area (Å²) in [6.45, 7) is 11.3. The van der Waals surface area contributed by atoms with E-state index in [0.29, 0.717) is 83.2 Å². The Labute approximate surface area is 933 Å². The predicted octanol–water partition coefficient (Wildman–Crippen LogP) is 20.8. The number of fused-ring (bicyclic) bond motifs is 15. The van der Waals surface area contributed by atoms with Crippen LogP contribution in [0.25, 0.3) is 44.1 Å². The van der Waals surface area contributed by atoms with Gasteiger partial charge >= 0.3 is 12.2 Å². The van der Waals surface area contributed by atoms with Crippen LogP contribution in [0.2, 0.25) is 0 Å². The molecule has 16 N–H and O–H groups in total. The quantitative estimate of drug-likeness (QED) is 0.0292. The number of anilines is 2. The number of ether oxygens (including phenoxy) is 2. The van der Waals surface area contributed by atoms with Gasteiger partial charge in [-0.1, -0.05) is 36.4 Å². The fourth-order valence-corrected chi connectivity index (χ4v) is 21.8. The zero-order chi connectivity index (χ0) is 107. The molecule has 11 aromatic heterocycles. The van der Waals surface area contributed by atoms with Gasteiger partial charge in [0.2, 0.25) is 0 Å². The van der Waals surface area contributed by atoms with Crippen molar-refractivity contribution in [3.63, 3.8) is 0 Å².